The van der Waals surface area contributed by atoms with Crippen molar-refractivity contribution in [3.63, 3.8) is 0 Å². The summed E-state index contributed by atoms with van der Waals surface area (Å²) in [5.74, 6) is 0. The molecule has 3 rings (SSSR count). The number of nitrogens with zero attached hydrogens (tertiary/aromatic N) is 1. The van der Waals surface area contributed by atoms with Crippen molar-refractivity contribution in [2.45, 2.75) is 56.7 Å². The Morgan fingerprint density at radius 1 is 1.00 bits per heavy atom. The Morgan fingerprint density at radius 3 is 2.15 bits per heavy atom. The maximum Gasteiger partial charge on any atom is 0.0195 e. The minimum Gasteiger partial charge on any atom is -0.313 e. The van der Waals surface area contributed by atoms with E-state index in [1.807, 2.05) is 0 Å². The number of hydrogen-bond acceptors (Lipinski definition) is 2. The van der Waals surface area contributed by atoms with E-state index in [0.29, 0.717) is 0 Å². The molecular formula is C11H20N2. The zero-order valence-electron chi connectivity index (χ0n) is 8.34. The van der Waals surface area contributed by atoms with Crippen LogP contribution in [0.15, 0.2) is 0 Å². The van der Waals surface area contributed by atoms with Crippen LogP contribution in [-0.4, -0.2) is 36.1 Å². The van der Waals surface area contributed by atoms with E-state index < -0.39 is 0 Å². The normalized spacial score (nSPS) is 34.4. The van der Waals surface area contributed by atoms with Gasteiger partial charge in [0, 0.05) is 24.7 Å². The van der Waals surface area contributed by atoms with E-state index in [9.17, 15) is 0 Å². The van der Waals surface area contributed by atoms with Crippen LogP contribution in [0.1, 0.15) is 38.5 Å². The van der Waals surface area contributed by atoms with Crippen molar-refractivity contribution in [2.24, 2.45) is 0 Å². The Hall–Kier alpha value is -0.0800. The van der Waals surface area contributed by atoms with Gasteiger partial charge in [0.2, 0.25) is 0 Å². The maximum atomic E-state index is 3.61. The van der Waals surface area contributed by atoms with Gasteiger partial charge in [0.15, 0.2) is 0 Å². The quantitative estimate of drug-likeness (QED) is 0.703. The highest BCUT2D eigenvalue weighted by molar-refractivity contribution is 4.96. The van der Waals surface area contributed by atoms with Crippen LogP contribution in [0.4, 0.5) is 0 Å². The first-order valence-electron chi connectivity index (χ1n) is 5.92. The Balaban J connectivity index is 1.54. The lowest BCUT2D eigenvalue weighted by atomic mass is 10.2. The molecule has 3 fully saturated rings. The largest absolute Gasteiger partial charge is 0.313 e. The Labute approximate surface area is 80.7 Å². The molecule has 0 bridgehead atoms. The molecule has 74 valence electrons. The van der Waals surface area contributed by atoms with E-state index in [4.69, 9.17) is 0 Å². The molecule has 2 saturated carbocycles. The van der Waals surface area contributed by atoms with Gasteiger partial charge >= 0.3 is 0 Å². The predicted molar refractivity (Wildman–Crippen MR) is 53.8 cm³/mol. The zero-order chi connectivity index (χ0) is 8.67. The lowest BCUT2D eigenvalue weighted by molar-refractivity contribution is 0.229. The first-order valence-corrected chi connectivity index (χ1v) is 5.92. The zero-order valence-corrected chi connectivity index (χ0v) is 8.34. The predicted octanol–water partition coefficient (Wildman–Crippen LogP) is 1.37. The molecule has 1 unspecified atom stereocenters. The molecular weight excluding hydrogens is 160 g/mol. The van der Waals surface area contributed by atoms with Crippen LogP contribution in [0.5, 0.6) is 0 Å². The van der Waals surface area contributed by atoms with Crippen LogP contribution in [0, 0.1) is 0 Å². The van der Waals surface area contributed by atoms with Gasteiger partial charge in [-0.2, -0.15) is 0 Å². The van der Waals surface area contributed by atoms with E-state index in [0.717, 1.165) is 18.1 Å². The highest BCUT2D eigenvalue weighted by Gasteiger charge is 2.39. The summed E-state index contributed by atoms with van der Waals surface area (Å²) in [6, 6.07) is 2.78. The first kappa shape index (κ1) is 8.25. The topological polar surface area (TPSA) is 15.3 Å². The summed E-state index contributed by atoms with van der Waals surface area (Å²) >= 11 is 0. The number of hydrogen-bond donors (Lipinski definition) is 1. The molecule has 1 aliphatic heterocycles. The molecule has 0 aromatic rings. The highest BCUT2D eigenvalue weighted by atomic mass is 15.2. The van der Waals surface area contributed by atoms with Gasteiger partial charge < -0.3 is 5.32 Å². The summed E-state index contributed by atoms with van der Waals surface area (Å²) < 4.78 is 0. The van der Waals surface area contributed by atoms with Gasteiger partial charge in [-0.15, -0.1) is 0 Å². The fourth-order valence-electron chi connectivity index (χ4n) is 2.58. The Morgan fingerprint density at radius 2 is 1.69 bits per heavy atom. The summed E-state index contributed by atoms with van der Waals surface area (Å²) in [4.78, 5) is 2.79. The van der Waals surface area contributed by atoms with E-state index in [1.54, 1.807) is 0 Å². The third-order valence-corrected chi connectivity index (χ3v) is 3.63. The van der Waals surface area contributed by atoms with Crippen molar-refractivity contribution in [1.29, 1.82) is 0 Å². The molecule has 0 amide bonds. The molecule has 1 atom stereocenters. The maximum absolute atomic E-state index is 3.61. The van der Waals surface area contributed by atoms with Crippen molar-refractivity contribution >= 4 is 0 Å². The second-order valence-corrected chi connectivity index (χ2v) is 4.95. The molecule has 0 spiro atoms. The van der Waals surface area contributed by atoms with Crippen molar-refractivity contribution in [3.05, 3.63) is 0 Å². The van der Waals surface area contributed by atoms with Crippen LogP contribution in [0.25, 0.3) is 0 Å². The Bertz CT molecular complexity index is 167. The third kappa shape index (κ3) is 1.89. The van der Waals surface area contributed by atoms with Crippen LogP contribution in [0.3, 0.4) is 0 Å². The third-order valence-electron chi connectivity index (χ3n) is 3.63. The van der Waals surface area contributed by atoms with Gasteiger partial charge in [-0.1, -0.05) is 0 Å². The van der Waals surface area contributed by atoms with E-state index in [-0.39, 0.29) is 0 Å². The van der Waals surface area contributed by atoms with Crippen LogP contribution < -0.4 is 5.32 Å². The Kier molecular flexibility index (Phi) is 2.06. The molecule has 2 aliphatic carbocycles. The van der Waals surface area contributed by atoms with E-state index in [2.05, 4.69) is 10.2 Å². The van der Waals surface area contributed by atoms with Gasteiger partial charge in [-0.25, -0.2) is 0 Å². The molecule has 0 aromatic heterocycles. The summed E-state index contributed by atoms with van der Waals surface area (Å²) in [6.07, 6.45) is 8.71. The second kappa shape index (κ2) is 3.25. The SMILES string of the molecule is C1CNC(CN(C2CC2)C2CC2)C1. The van der Waals surface area contributed by atoms with Crippen LogP contribution in [0.2, 0.25) is 0 Å². The smallest absolute Gasteiger partial charge is 0.0195 e. The number of nitrogens with one attached hydrogen (secondary N) is 1. The molecule has 0 radical (unpaired) electrons. The van der Waals surface area contributed by atoms with Crippen molar-refractivity contribution in [3.8, 4) is 0 Å². The van der Waals surface area contributed by atoms with Crippen molar-refractivity contribution in [2.75, 3.05) is 13.1 Å². The fourth-order valence-corrected chi connectivity index (χ4v) is 2.58. The van der Waals surface area contributed by atoms with Gasteiger partial charge in [-0.3, -0.25) is 4.90 Å². The van der Waals surface area contributed by atoms with E-state index in [1.165, 1.54) is 51.6 Å². The van der Waals surface area contributed by atoms with Gasteiger partial charge in [0.1, 0.15) is 0 Å². The number of rotatable bonds is 4. The summed E-state index contributed by atoms with van der Waals surface area (Å²) in [5, 5.41) is 3.61. The molecule has 1 saturated heterocycles. The summed E-state index contributed by atoms with van der Waals surface area (Å²) in [6.45, 7) is 2.60. The van der Waals surface area contributed by atoms with Gasteiger partial charge in [0.05, 0.1) is 0 Å². The van der Waals surface area contributed by atoms with Gasteiger partial charge in [0.25, 0.3) is 0 Å². The summed E-state index contributed by atoms with van der Waals surface area (Å²) in [7, 11) is 0. The molecule has 1 heterocycles. The first-order chi connectivity index (χ1) is 6.43. The lowest BCUT2D eigenvalue weighted by Gasteiger charge is -2.25. The summed E-state index contributed by atoms with van der Waals surface area (Å²) in [5.41, 5.74) is 0. The second-order valence-electron chi connectivity index (χ2n) is 4.95. The van der Waals surface area contributed by atoms with Gasteiger partial charge in [-0.05, 0) is 45.1 Å². The van der Waals surface area contributed by atoms with Crippen molar-refractivity contribution < 1.29 is 0 Å². The highest BCUT2D eigenvalue weighted by Crippen LogP contribution is 2.37. The van der Waals surface area contributed by atoms with Crippen molar-refractivity contribution in [1.82, 2.24) is 10.2 Å². The monoisotopic (exact) mass is 180 g/mol. The van der Waals surface area contributed by atoms with E-state index >= 15 is 0 Å². The standard InChI is InChI=1S/C11H20N2/c1-2-9(12-7-1)8-13(10-3-4-10)11-5-6-11/h9-12H,1-8H2. The molecule has 2 heteroatoms. The average Bonchev–Trinajstić information content (AvgIpc) is 3.04. The fraction of sp³-hybridized carbons (Fsp3) is 1.00. The molecule has 2 nitrogen and oxygen atoms in total. The molecule has 3 aliphatic rings. The lowest BCUT2D eigenvalue weighted by Crippen LogP contribution is -2.40. The minimum absolute atomic E-state index is 0.821. The average molecular weight is 180 g/mol. The molecule has 1 N–H and O–H groups in total. The molecule has 13 heavy (non-hydrogen) atoms. The van der Waals surface area contributed by atoms with Crippen LogP contribution >= 0.6 is 0 Å². The van der Waals surface area contributed by atoms with Crippen LogP contribution in [-0.2, 0) is 0 Å². The molecule has 0 aromatic carbocycles. The minimum atomic E-state index is 0.821.